The number of nitrogens with zero attached hydrogens (tertiary/aromatic N) is 5. The minimum atomic E-state index is -0.516. The van der Waals surface area contributed by atoms with Gasteiger partial charge in [0.05, 0.1) is 16.3 Å². The van der Waals surface area contributed by atoms with E-state index in [0.717, 1.165) is 16.2 Å². The Morgan fingerprint density at radius 3 is 2.39 bits per heavy atom. The highest BCUT2D eigenvalue weighted by Gasteiger charge is 2.38. The number of carbonyl (C=O) groups is 1. The number of pyridine rings is 1. The summed E-state index contributed by atoms with van der Waals surface area (Å²) < 4.78 is 11.6. The number of rotatable bonds is 5. The monoisotopic (exact) mass is 645 g/mol. The summed E-state index contributed by atoms with van der Waals surface area (Å²) in [6.45, 7) is 1.75. The van der Waals surface area contributed by atoms with E-state index in [2.05, 4.69) is 20.9 Å². The minimum Gasteiger partial charge on any atom is -0.438 e. The number of aromatic nitrogens is 4. The van der Waals surface area contributed by atoms with Crippen LogP contribution in [0.1, 0.15) is 11.3 Å². The van der Waals surface area contributed by atoms with E-state index in [0.29, 0.717) is 22.8 Å². The third kappa shape index (κ3) is 4.73. The largest absolute Gasteiger partial charge is 0.438 e. The van der Waals surface area contributed by atoms with Gasteiger partial charge in [-0.1, -0.05) is 64.2 Å². The summed E-state index contributed by atoms with van der Waals surface area (Å²) in [4.78, 5) is 46.9. The minimum absolute atomic E-state index is 0.0381. The molecule has 2 aromatic carbocycles. The number of anilines is 1. The number of hydrogen-bond donors (Lipinski definition) is 0. The molecule has 1 aliphatic heterocycles. The molecule has 1 amide bonds. The summed E-state index contributed by atoms with van der Waals surface area (Å²) in [6.07, 6.45) is 3.02. The van der Waals surface area contributed by atoms with Gasteiger partial charge in [0, 0.05) is 17.7 Å². The molecule has 0 radical (unpaired) electrons. The van der Waals surface area contributed by atoms with Crippen molar-refractivity contribution < 1.29 is 9.53 Å². The molecular formula is C29H20BrN5O4S2. The van der Waals surface area contributed by atoms with Gasteiger partial charge in [0.1, 0.15) is 22.6 Å². The summed E-state index contributed by atoms with van der Waals surface area (Å²) in [5.41, 5.74) is 1.01. The van der Waals surface area contributed by atoms with Crippen LogP contribution < -0.4 is 20.8 Å². The van der Waals surface area contributed by atoms with Gasteiger partial charge in [-0.05, 0) is 61.5 Å². The van der Waals surface area contributed by atoms with Crippen LogP contribution >= 0.6 is 39.9 Å². The van der Waals surface area contributed by atoms with Crippen LogP contribution in [0.5, 0.6) is 11.6 Å². The van der Waals surface area contributed by atoms with Crippen LogP contribution in [0.15, 0.2) is 98.0 Å². The standard InChI is InChI=1S/C29H20BrN5O4S2/c1-17-24(28(38)35(32(17)2)19-8-4-3-5-9-19)34-27(37)22(41-29(34)40)16-21-25(39-20-13-11-18(30)12-14-20)31-23-10-6-7-15-33(23)26(21)36/h3-16H,1-2H3. The molecule has 0 saturated carbocycles. The molecule has 1 aliphatic rings. The Morgan fingerprint density at radius 1 is 0.951 bits per heavy atom. The molecule has 41 heavy (non-hydrogen) atoms. The fourth-order valence-electron chi connectivity index (χ4n) is 4.50. The van der Waals surface area contributed by atoms with Crippen LogP contribution in [0.4, 0.5) is 5.69 Å². The number of halogens is 1. The quantitative estimate of drug-likeness (QED) is 0.185. The summed E-state index contributed by atoms with van der Waals surface area (Å²) in [5, 5.41) is 0. The normalized spacial score (nSPS) is 14.4. The van der Waals surface area contributed by atoms with E-state index in [9.17, 15) is 14.4 Å². The molecule has 3 aromatic heterocycles. The van der Waals surface area contributed by atoms with Gasteiger partial charge in [0.25, 0.3) is 17.0 Å². The van der Waals surface area contributed by atoms with E-state index in [4.69, 9.17) is 17.0 Å². The molecule has 9 nitrogen and oxygen atoms in total. The first-order chi connectivity index (χ1) is 19.7. The van der Waals surface area contributed by atoms with Gasteiger partial charge in [-0.3, -0.25) is 28.4 Å². The van der Waals surface area contributed by atoms with Crippen molar-refractivity contribution >= 4 is 67.5 Å². The number of benzene rings is 2. The molecule has 0 bridgehead atoms. The first-order valence-corrected chi connectivity index (χ1v) is 14.3. The summed E-state index contributed by atoms with van der Waals surface area (Å²) in [6, 6.07) is 21.4. The zero-order valence-electron chi connectivity index (χ0n) is 21.6. The summed E-state index contributed by atoms with van der Waals surface area (Å²) in [5.74, 6) is -0.0155. The molecule has 0 aliphatic carbocycles. The van der Waals surface area contributed by atoms with Gasteiger partial charge >= 0.3 is 0 Å². The second kappa shape index (κ2) is 10.6. The van der Waals surface area contributed by atoms with Crippen LogP contribution in [0.3, 0.4) is 0 Å². The van der Waals surface area contributed by atoms with Crippen LogP contribution in [0.25, 0.3) is 17.4 Å². The molecule has 0 N–H and O–H groups in total. The van der Waals surface area contributed by atoms with Crippen LogP contribution in [0, 0.1) is 6.92 Å². The van der Waals surface area contributed by atoms with Gasteiger partial charge in [0.2, 0.25) is 5.88 Å². The molecule has 204 valence electrons. The van der Waals surface area contributed by atoms with Crippen molar-refractivity contribution in [2.75, 3.05) is 4.90 Å². The lowest BCUT2D eigenvalue weighted by molar-refractivity contribution is -0.113. The Labute approximate surface area is 251 Å². The smallest absolute Gasteiger partial charge is 0.296 e. The van der Waals surface area contributed by atoms with Gasteiger partial charge in [-0.2, -0.15) is 4.98 Å². The van der Waals surface area contributed by atoms with E-state index in [1.807, 2.05) is 30.3 Å². The van der Waals surface area contributed by atoms with E-state index >= 15 is 0 Å². The van der Waals surface area contributed by atoms with Crippen molar-refractivity contribution in [3.8, 4) is 17.3 Å². The average molecular weight is 647 g/mol. The molecule has 1 fully saturated rings. The molecule has 0 atom stereocenters. The maximum absolute atomic E-state index is 13.8. The van der Waals surface area contributed by atoms with E-state index in [1.165, 1.54) is 20.1 Å². The molecule has 4 heterocycles. The Kier molecular flexibility index (Phi) is 6.98. The van der Waals surface area contributed by atoms with Crippen molar-refractivity contribution in [3.05, 3.63) is 120 Å². The van der Waals surface area contributed by atoms with Crippen molar-refractivity contribution in [2.45, 2.75) is 6.92 Å². The molecule has 6 rings (SSSR count). The van der Waals surface area contributed by atoms with E-state index in [1.54, 1.807) is 67.3 Å². The number of hydrogen-bond acceptors (Lipinski definition) is 7. The molecular weight excluding hydrogens is 626 g/mol. The topological polar surface area (TPSA) is 90.8 Å². The second-order valence-electron chi connectivity index (χ2n) is 9.05. The van der Waals surface area contributed by atoms with Crippen LogP contribution in [-0.4, -0.2) is 29.0 Å². The number of thiocarbonyl (C=S) groups is 1. The lowest BCUT2D eigenvalue weighted by Gasteiger charge is -2.12. The number of carbonyl (C=O) groups excluding carboxylic acids is 1. The Hall–Kier alpha value is -4.26. The average Bonchev–Trinajstić information content (AvgIpc) is 3.36. The van der Waals surface area contributed by atoms with Gasteiger partial charge < -0.3 is 4.74 Å². The fourth-order valence-corrected chi connectivity index (χ4v) is 6.02. The number of amides is 1. The Bertz CT molecular complexity index is 2010. The van der Waals surface area contributed by atoms with Crippen molar-refractivity contribution in [1.82, 2.24) is 18.7 Å². The summed E-state index contributed by atoms with van der Waals surface area (Å²) >= 11 is 9.98. The maximum Gasteiger partial charge on any atom is 0.296 e. The highest BCUT2D eigenvalue weighted by atomic mass is 79.9. The highest BCUT2D eigenvalue weighted by molar-refractivity contribution is 9.10. The van der Waals surface area contributed by atoms with E-state index in [-0.39, 0.29) is 31.9 Å². The Morgan fingerprint density at radius 2 is 1.66 bits per heavy atom. The predicted molar refractivity (Wildman–Crippen MR) is 167 cm³/mol. The van der Waals surface area contributed by atoms with Gasteiger partial charge in [-0.25, -0.2) is 4.68 Å². The third-order valence-corrected chi connectivity index (χ3v) is 8.41. The first-order valence-electron chi connectivity index (χ1n) is 12.3. The lowest BCUT2D eigenvalue weighted by Crippen LogP contribution is -2.33. The molecule has 5 aromatic rings. The molecule has 1 saturated heterocycles. The number of fused-ring (bicyclic) bond motifs is 1. The van der Waals surface area contributed by atoms with Gasteiger partial charge in [-0.15, -0.1) is 0 Å². The summed E-state index contributed by atoms with van der Waals surface area (Å²) in [7, 11) is 1.74. The zero-order chi connectivity index (χ0) is 28.8. The first kappa shape index (κ1) is 26.9. The fraction of sp³-hybridized carbons (Fsp3) is 0.0690. The van der Waals surface area contributed by atoms with Crippen LogP contribution in [-0.2, 0) is 11.8 Å². The number of ether oxygens (including phenoxy) is 1. The zero-order valence-corrected chi connectivity index (χ0v) is 24.9. The molecule has 12 heteroatoms. The highest BCUT2D eigenvalue weighted by Crippen LogP contribution is 2.37. The maximum atomic E-state index is 13.8. The third-order valence-electron chi connectivity index (χ3n) is 6.58. The molecule has 0 spiro atoms. The predicted octanol–water partition coefficient (Wildman–Crippen LogP) is 5.45. The van der Waals surface area contributed by atoms with E-state index < -0.39 is 11.5 Å². The lowest BCUT2D eigenvalue weighted by atomic mass is 10.2. The van der Waals surface area contributed by atoms with Crippen LogP contribution in [0.2, 0.25) is 0 Å². The van der Waals surface area contributed by atoms with Crippen molar-refractivity contribution in [3.63, 3.8) is 0 Å². The van der Waals surface area contributed by atoms with Crippen molar-refractivity contribution in [2.24, 2.45) is 7.05 Å². The molecule has 0 unspecified atom stereocenters. The number of para-hydroxylation sites is 1. The van der Waals surface area contributed by atoms with Gasteiger partial charge in [0.15, 0.2) is 4.32 Å². The Balaban J connectivity index is 1.46. The van der Waals surface area contributed by atoms with Crippen molar-refractivity contribution in [1.29, 1.82) is 0 Å². The second-order valence-corrected chi connectivity index (χ2v) is 11.6. The SMILES string of the molecule is Cc1c(N2C(=O)C(=Cc3c(Oc4ccc(Br)cc4)nc4ccccn4c3=O)SC2=S)c(=O)n(-c2ccccc2)n1C. The number of thioether (sulfide) groups is 1.